The van der Waals surface area contributed by atoms with Gasteiger partial charge in [-0.3, -0.25) is 15.0 Å². The lowest BCUT2D eigenvalue weighted by Gasteiger charge is -2.33. The molecule has 28 heavy (non-hydrogen) atoms. The van der Waals surface area contributed by atoms with Gasteiger partial charge in [-0.15, -0.1) is 0 Å². The fourth-order valence-corrected chi connectivity index (χ4v) is 3.89. The van der Waals surface area contributed by atoms with Crippen LogP contribution in [0.5, 0.6) is 0 Å². The molecule has 10 heteroatoms. The van der Waals surface area contributed by atoms with Crippen LogP contribution in [0.2, 0.25) is 5.02 Å². The first kappa shape index (κ1) is 20.6. The Balaban J connectivity index is 1.57. The van der Waals surface area contributed by atoms with Gasteiger partial charge < -0.3 is 10.1 Å². The summed E-state index contributed by atoms with van der Waals surface area (Å²) in [6.45, 7) is 1.43. The van der Waals surface area contributed by atoms with Crippen LogP contribution in [0.25, 0.3) is 0 Å². The lowest BCUT2D eigenvalue weighted by molar-refractivity contribution is -0.141. The van der Waals surface area contributed by atoms with Gasteiger partial charge in [-0.1, -0.05) is 34.5 Å². The van der Waals surface area contributed by atoms with E-state index >= 15 is 0 Å². The highest BCUT2D eigenvalue weighted by atomic mass is 79.9. The molecule has 0 bridgehead atoms. The number of hydrazine groups is 1. The van der Waals surface area contributed by atoms with E-state index in [1.54, 1.807) is 6.07 Å². The number of nitrogens with one attached hydrogen (secondary N) is 2. The summed E-state index contributed by atoms with van der Waals surface area (Å²) in [6, 6.07) is 3.95. The maximum atomic E-state index is 12.7. The molecule has 150 valence electrons. The number of hydrogen-bond acceptors (Lipinski definition) is 5. The van der Waals surface area contributed by atoms with E-state index < -0.39 is 36.0 Å². The van der Waals surface area contributed by atoms with Gasteiger partial charge in [-0.05, 0) is 49.8 Å². The predicted molar refractivity (Wildman–Crippen MR) is 103 cm³/mol. The summed E-state index contributed by atoms with van der Waals surface area (Å²) in [6.07, 6.45) is 2.70. The molecule has 2 aliphatic rings. The monoisotopic (exact) mass is 471 g/mol. The van der Waals surface area contributed by atoms with Crippen LogP contribution < -0.4 is 10.7 Å². The highest BCUT2D eigenvalue weighted by Gasteiger charge is 2.52. The topological polar surface area (TPSA) is 105 Å². The van der Waals surface area contributed by atoms with Gasteiger partial charge in [0.05, 0.1) is 10.6 Å². The minimum absolute atomic E-state index is 0.0918. The quantitative estimate of drug-likeness (QED) is 0.518. The molecule has 2 fully saturated rings. The van der Waals surface area contributed by atoms with Crippen molar-refractivity contribution in [3.05, 3.63) is 33.3 Å². The van der Waals surface area contributed by atoms with Gasteiger partial charge in [0.1, 0.15) is 5.54 Å². The largest absolute Gasteiger partial charge is 0.452 e. The molecular weight excluding hydrogens is 454 g/mol. The van der Waals surface area contributed by atoms with E-state index in [0.717, 1.165) is 12.8 Å². The summed E-state index contributed by atoms with van der Waals surface area (Å²) >= 11 is 9.17. The molecule has 3 rings (SSSR count). The first-order chi connectivity index (χ1) is 13.2. The summed E-state index contributed by atoms with van der Waals surface area (Å²) in [7, 11) is 0. The number of carbonyl (C=O) groups excluding carboxylic acids is 4. The minimum atomic E-state index is -0.961. The number of urea groups is 1. The maximum Gasteiger partial charge on any atom is 0.344 e. The third-order valence-electron chi connectivity index (χ3n) is 5.01. The third-order valence-corrected chi connectivity index (χ3v) is 5.83. The molecule has 0 unspecified atom stereocenters. The van der Waals surface area contributed by atoms with Crippen LogP contribution in [0.15, 0.2) is 22.7 Å². The molecule has 1 saturated heterocycles. The number of ether oxygens (including phenoxy) is 1. The Labute approximate surface area is 175 Å². The molecule has 2 N–H and O–H groups in total. The third kappa shape index (κ3) is 4.15. The Morgan fingerprint density at radius 2 is 2.04 bits per heavy atom. The van der Waals surface area contributed by atoms with E-state index in [-0.39, 0.29) is 10.6 Å². The van der Waals surface area contributed by atoms with E-state index in [2.05, 4.69) is 33.6 Å². The van der Waals surface area contributed by atoms with Crippen molar-refractivity contribution in [1.82, 2.24) is 15.8 Å². The summed E-state index contributed by atoms with van der Waals surface area (Å²) < 4.78 is 5.56. The van der Waals surface area contributed by atoms with E-state index in [0.29, 0.717) is 28.2 Å². The van der Waals surface area contributed by atoms with Gasteiger partial charge in [-0.25, -0.2) is 9.59 Å². The average molecular weight is 473 g/mol. The predicted octanol–water partition coefficient (Wildman–Crippen LogP) is 2.79. The fourth-order valence-electron chi connectivity index (χ4n) is 3.34. The number of benzene rings is 1. The molecule has 1 aromatic rings. The number of rotatable bonds is 4. The first-order valence-corrected chi connectivity index (χ1v) is 9.97. The number of imide groups is 1. The van der Waals surface area contributed by atoms with Crippen LogP contribution in [0.4, 0.5) is 4.79 Å². The molecule has 8 nitrogen and oxygen atoms in total. The summed E-state index contributed by atoms with van der Waals surface area (Å²) in [5.74, 6) is -1.59. The zero-order valence-corrected chi connectivity index (χ0v) is 17.4. The zero-order chi connectivity index (χ0) is 20.5. The number of esters is 1. The van der Waals surface area contributed by atoms with Gasteiger partial charge in [0.2, 0.25) is 0 Å². The normalized spacial score (nSPS) is 24.2. The lowest BCUT2D eigenvalue weighted by Crippen LogP contribution is -2.52. The molecule has 0 aromatic heterocycles. The number of hydrogen-bond donors (Lipinski definition) is 2. The highest BCUT2D eigenvalue weighted by Crippen LogP contribution is 2.35. The molecule has 1 aliphatic heterocycles. The van der Waals surface area contributed by atoms with Crippen LogP contribution in [0, 0.1) is 5.92 Å². The van der Waals surface area contributed by atoms with Crippen LogP contribution in [0.1, 0.15) is 43.0 Å². The molecule has 1 heterocycles. The van der Waals surface area contributed by atoms with Gasteiger partial charge in [0.15, 0.2) is 6.61 Å². The van der Waals surface area contributed by atoms with Gasteiger partial charge >= 0.3 is 12.0 Å². The van der Waals surface area contributed by atoms with Crippen molar-refractivity contribution < 1.29 is 23.9 Å². The molecule has 1 aliphatic carbocycles. The van der Waals surface area contributed by atoms with Crippen LogP contribution >= 0.6 is 27.5 Å². The summed E-state index contributed by atoms with van der Waals surface area (Å²) in [5, 5.41) is 3.53. The summed E-state index contributed by atoms with van der Waals surface area (Å²) in [5.41, 5.74) is 1.34. The Bertz CT molecular complexity index is 839. The average Bonchev–Trinajstić information content (AvgIpc) is 2.88. The smallest absolute Gasteiger partial charge is 0.344 e. The molecule has 1 spiro atoms. The SMILES string of the molecule is CC1CCC2(CC1)NC(=O)N(NC(=O)COC(=O)c1cc(Br)ccc1Cl)C2=O. The second kappa shape index (κ2) is 8.08. The van der Waals surface area contributed by atoms with Crippen molar-refractivity contribution in [2.24, 2.45) is 5.92 Å². The Hall–Kier alpha value is -2.13. The van der Waals surface area contributed by atoms with Crippen molar-refractivity contribution in [2.75, 3.05) is 6.61 Å². The zero-order valence-electron chi connectivity index (χ0n) is 15.1. The van der Waals surface area contributed by atoms with Gasteiger partial charge in [-0.2, -0.15) is 5.01 Å². The second-order valence-corrected chi connectivity index (χ2v) is 8.39. The molecule has 0 atom stereocenters. The molecular formula is C18H19BrClN3O5. The van der Waals surface area contributed by atoms with Gasteiger partial charge in [0, 0.05) is 4.47 Å². The number of nitrogens with zero attached hydrogens (tertiary/aromatic N) is 1. The van der Waals surface area contributed by atoms with E-state index in [1.165, 1.54) is 12.1 Å². The van der Waals surface area contributed by atoms with Crippen molar-refractivity contribution >= 4 is 51.3 Å². The number of carbonyl (C=O) groups is 4. The van der Waals surface area contributed by atoms with Crippen molar-refractivity contribution in [1.29, 1.82) is 0 Å². The number of amides is 4. The standard InChI is InChI=1S/C18H19BrClN3O5/c1-10-4-6-18(7-5-10)16(26)23(17(27)21-18)22-14(24)9-28-15(25)12-8-11(19)2-3-13(12)20/h2-3,8,10H,4-7,9H2,1H3,(H,21,27)(H,22,24). The Kier molecular flexibility index (Phi) is 5.95. The van der Waals surface area contributed by atoms with Crippen molar-refractivity contribution in [3.63, 3.8) is 0 Å². The van der Waals surface area contributed by atoms with E-state index in [4.69, 9.17) is 16.3 Å². The van der Waals surface area contributed by atoms with E-state index in [9.17, 15) is 19.2 Å². The Morgan fingerprint density at radius 1 is 1.36 bits per heavy atom. The first-order valence-electron chi connectivity index (χ1n) is 8.80. The van der Waals surface area contributed by atoms with Crippen LogP contribution in [0.3, 0.4) is 0 Å². The molecule has 1 aromatic carbocycles. The van der Waals surface area contributed by atoms with Crippen molar-refractivity contribution in [3.8, 4) is 0 Å². The molecule has 4 amide bonds. The van der Waals surface area contributed by atoms with Crippen LogP contribution in [-0.4, -0.2) is 41.0 Å². The fraction of sp³-hybridized carbons (Fsp3) is 0.444. The van der Waals surface area contributed by atoms with Gasteiger partial charge in [0.25, 0.3) is 11.8 Å². The summed E-state index contributed by atoms with van der Waals surface area (Å²) in [4.78, 5) is 49.0. The van der Waals surface area contributed by atoms with E-state index in [1.807, 2.05) is 0 Å². The van der Waals surface area contributed by atoms with Crippen LogP contribution in [-0.2, 0) is 14.3 Å². The second-order valence-electron chi connectivity index (χ2n) is 7.07. The molecule has 0 radical (unpaired) electrons. The van der Waals surface area contributed by atoms with Crippen molar-refractivity contribution in [2.45, 2.75) is 38.1 Å². The molecule has 1 saturated carbocycles. The minimum Gasteiger partial charge on any atom is -0.452 e. The highest BCUT2D eigenvalue weighted by molar-refractivity contribution is 9.10. The number of halogens is 2. The lowest BCUT2D eigenvalue weighted by atomic mass is 9.77. The maximum absolute atomic E-state index is 12.7. The Morgan fingerprint density at radius 3 is 2.71 bits per heavy atom.